The maximum Gasteiger partial charge on any atom is 0.319 e. The number of methoxy groups -OCH3 is 2. The molecule has 1 aliphatic heterocycles. The minimum Gasteiger partial charge on any atom is -0.496 e. The standard InChI is InChI=1S/C18H20N2O5/c1-22-14-6-4-3-5-13(14)17(23-2)10-19-18(21)20-12-7-8-15-16(9-12)25-11-24-15/h3-9,17H,10-11H2,1-2H3,(H2,19,20,21)/t17-/m0/s1. The van der Waals surface area contributed by atoms with Gasteiger partial charge in [-0.25, -0.2) is 4.79 Å². The summed E-state index contributed by atoms with van der Waals surface area (Å²) in [6.07, 6.45) is -0.321. The second-order valence-corrected chi connectivity index (χ2v) is 5.37. The van der Waals surface area contributed by atoms with E-state index in [-0.39, 0.29) is 18.9 Å². The zero-order valence-corrected chi connectivity index (χ0v) is 14.1. The highest BCUT2D eigenvalue weighted by Crippen LogP contribution is 2.34. The molecule has 0 bridgehead atoms. The van der Waals surface area contributed by atoms with Crippen LogP contribution < -0.4 is 24.8 Å². The minimum atomic E-state index is -0.337. The normalized spacial score (nSPS) is 13.2. The van der Waals surface area contributed by atoms with Crippen LogP contribution in [0.15, 0.2) is 42.5 Å². The number of anilines is 1. The number of fused-ring (bicyclic) bond motifs is 1. The van der Waals surface area contributed by atoms with Crippen LogP contribution in [0.2, 0.25) is 0 Å². The SMILES string of the molecule is COc1ccccc1[C@H](CNC(=O)Nc1ccc2c(c1)OCO2)OC. The molecule has 2 aromatic carbocycles. The first kappa shape index (κ1) is 16.9. The summed E-state index contributed by atoms with van der Waals surface area (Å²) in [6, 6.07) is 12.4. The highest BCUT2D eigenvalue weighted by molar-refractivity contribution is 5.89. The van der Waals surface area contributed by atoms with Gasteiger partial charge in [-0.1, -0.05) is 18.2 Å². The Morgan fingerprint density at radius 1 is 1.16 bits per heavy atom. The average molecular weight is 344 g/mol. The van der Waals surface area contributed by atoms with Crippen LogP contribution in [0.1, 0.15) is 11.7 Å². The van der Waals surface area contributed by atoms with Crippen LogP contribution in [-0.2, 0) is 4.74 Å². The van der Waals surface area contributed by atoms with Crippen molar-refractivity contribution in [3.05, 3.63) is 48.0 Å². The molecule has 0 fully saturated rings. The number of hydrogen-bond donors (Lipinski definition) is 2. The molecule has 2 N–H and O–H groups in total. The highest BCUT2D eigenvalue weighted by Gasteiger charge is 2.17. The molecule has 1 aliphatic rings. The molecule has 7 heteroatoms. The summed E-state index contributed by atoms with van der Waals surface area (Å²) in [5.74, 6) is 2.00. The van der Waals surface area contributed by atoms with Gasteiger partial charge in [0, 0.05) is 31.0 Å². The number of benzene rings is 2. The van der Waals surface area contributed by atoms with Crippen molar-refractivity contribution in [2.45, 2.75) is 6.10 Å². The molecule has 25 heavy (non-hydrogen) atoms. The molecule has 1 atom stereocenters. The maximum absolute atomic E-state index is 12.1. The zero-order chi connectivity index (χ0) is 17.6. The molecule has 0 radical (unpaired) electrons. The molecule has 0 spiro atoms. The van der Waals surface area contributed by atoms with Crippen LogP contribution in [0.5, 0.6) is 17.2 Å². The summed E-state index contributed by atoms with van der Waals surface area (Å²) >= 11 is 0. The van der Waals surface area contributed by atoms with Crippen LogP contribution in [-0.4, -0.2) is 33.6 Å². The van der Waals surface area contributed by atoms with Gasteiger partial charge in [0.25, 0.3) is 0 Å². The number of ether oxygens (including phenoxy) is 4. The molecule has 0 saturated heterocycles. The van der Waals surface area contributed by atoms with Crippen molar-refractivity contribution in [2.24, 2.45) is 0 Å². The number of carbonyl (C=O) groups excluding carboxylic acids is 1. The fraction of sp³-hybridized carbons (Fsp3) is 0.278. The van der Waals surface area contributed by atoms with Gasteiger partial charge in [0.2, 0.25) is 6.79 Å². The quantitative estimate of drug-likeness (QED) is 0.842. The van der Waals surface area contributed by atoms with E-state index in [9.17, 15) is 4.79 Å². The number of amides is 2. The fourth-order valence-electron chi connectivity index (χ4n) is 2.59. The van der Waals surface area contributed by atoms with Crippen LogP contribution in [0, 0.1) is 0 Å². The first-order valence-electron chi connectivity index (χ1n) is 7.81. The summed E-state index contributed by atoms with van der Waals surface area (Å²) in [4.78, 5) is 12.1. The van der Waals surface area contributed by atoms with Gasteiger partial charge in [0.05, 0.1) is 7.11 Å². The second kappa shape index (κ2) is 7.76. The molecule has 2 aromatic rings. The molecular formula is C18H20N2O5. The second-order valence-electron chi connectivity index (χ2n) is 5.37. The molecule has 1 heterocycles. The lowest BCUT2D eigenvalue weighted by Gasteiger charge is -2.19. The Morgan fingerprint density at radius 3 is 2.76 bits per heavy atom. The van der Waals surface area contributed by atoms with Crippen molar-refractivity contribution in [3.63, 3.8) is 0 Å². The molecule has 132 valence electrons. The predicted molar refractivity (Wildman–Crippen MR) is 92.3 cm³/mol. The van der Waals surface area contributed by atoms with Crippen molar-refractivity contribution < 1.29 is 23.7 Å². The molecule has 0 aliphatic carbocycles. The monoisotopic (exact) mass is 344 g/mol. The lowest BCUT2D eigenvalue weighted by molar-refractivity contribution is 0.102. The van der Waals surface area contributed by atoms with Crippen molar-refractivity contribution in [2.75, 3.05) is 32.9 Å². The molecule has 0 aromatic heterocycles. The molecular weight excluding hydrogens is 324 g/mol. The third-order valence-corrected chi connectivity index (χ3v) is 3.85. The van der Waals surface area contributed by atoms with Gasteiger partial charge in [-0.3, -0.25) is 0 Å². The van der Waals surface area contributed by atoms with Gasteiger partial charge < -0.3 is 29.6 Å². The van der Waals surface area contributed by atoms with Gasteiger partial charge in [0.1, 0.15) is 11.9 Å². The summed E-state index contributed by atoms with van der Waals surface area (Å²) in [5.41, 5.74) is 1.49. The maximum atomic E-state index is 12.1. The summed E-state index contributed by atoms with van der Waals surface area (Å²) in [7, 11) is 3.19. The molecule has 2 amide bonds. The van der Waals surface area contributed by atoms with Crippen molar-refractivity contribution >= 4 is 11.7 Å². The Balaban J connectivity index is 1.59. The lowest BCUT2D eigenvalue weighted by atomic mass is 10.1. The van der Waals surface area contributed by atoms with E-state index in [1.807, 2.05) is 24.3 Å². The zero-order valence-electron chi connectivity index (χ0n) is 14.1. The summed E-state index contributed by atoms with van der Waals surface area (Å²) < 4.78 is 21.4. The number of carbonyl (C=O) groups is 1. The van der Waals surface area contributed by atoms with Crippen LogP contribution >= 0.6 is 0 Å². The van der Waals surface area contributed by atoms with Crippen LogP contribution in [0.25, 0.3) is 0 Å². The number of urea groups is 1. The highest BCUT2D eigenvalue weighted by atomic mass is 16.7. The third-order valence-electron chi connectivity index (χ3n) is 3.85. The summed E-state index contributed by atoms with van der Waals surface area (Å²) in [6.45, 7) is 0.493. The average Bonchev–Trinajstić information content (AvgIpc) is 3.10. The van der Waals surface area contributed by atoms with E-state index in [2.05, 4.69) is 10.6 Å². The van der Waals surface area contributed by atoms with E-state index in [0.29, 0.717) is 29.5 Å². The smallest absolute Gasteiger partial charge is 0.319 e. The van der Waals surface area contributed by atoms with Gasteiger partial charge in [-0.05, 0) is 18.2 Å². The molecule has 0 saturated carbocycles. The Bertz CT molecular complexity index is 750. The Morgan fingerprint density at radius 2 is 1.96 bits per heavy atom. The van der Waals surface area contributed by atoms with E-state index >= 15 is 0 Å². The molecule has 3 rings (SSSR count). The van der Waals surface area contributed by atoms with Gasteiger partial charge >= 0.3 is 6.03 Å². The van der Waals surface area contributed by atoms with E-state index in [4.69, 9.17) is 18.9 Å². The van der Waals surface area contributed by atoms with E-state index in [0.717, 1.165) is 5.56 Å². The van der Waals surface area contributed by atoms with Gasteiger partial charge in [-0.2, -0.15) is 0 Å². The molecule has 0 unspecified atom stereocenters. The number of para-hydroxylation sites is 1. The van der Waals surface area contributed by atoms with E-state index in [1.165, 1.54) is 0 Å². The largest absolute Gasteiger partial charge is 0.496 e. The number of nitrogens with one attached hydrogen (secondary N) is 2. The van der Waals surface area contributed by atoms with Crippen LogP contribution in [0.3, 0.4) is 0 Å². The predicted octanol–water partition coefficient (Wildman–Crippen LogP) is 2.93. The topological polar surface area (TPSA) is 78.1 Å². The Hall–Kier alpha value is -2.93. The van der Waals surface area contributed by atoms with E-state index < -0.39 is 0 Å². The van der Waals surface area contributed by atoms with Crippen molar-refractivity contribution in [3.8, 4) is 17.2 Å². The van der Waals surface area contributed by atoms with Gasteiger partial charge in [-0.15, -0.1) is 0 Å². The van der Waals surface area contributed by atoms with E-state index in [1.54, 1.807) is 32.4 Å². The van der Waals surface area contributed by atoms with Gasteiger partial charge in [0.15, 0.2) is 11.5 Å². The minimum absolute atomic E-state index is 0.194. The van der Waals surface area contributed by atoms with Crippen LogP contribution in [0.4, 0.5) is 10.5 Å². The molecule has 7 nitrogen and oxygen atoms in total. The first-order chi connectivity index (χ1) is 12.2. The Kier molecular flexibility index (Phi) is 5.25. The third kappa shape index (κ3) is 3.95. The van der Waals surface area contributed by atoms with Crippen molar-refractivity contribution in [1.29, 1.82) is 0 Å². The number of hydrogen-bond acceptors (Lipinski definition) is 5. The Labute approximate surface area is 145 Å². The lowest BCUT2D eigenvalue weighted by Crippen LogP contribution is -2.33. The number of rotatable bonds is 6. The summed E-state index contributed by atoms with van der Waals surface area (Å²) in [5, 5.41) is 5.56. The van der Waals surface area contributed by atoms with Crippen molar-refractivity contribution in [1.82, 2.24) is 5.32 Å². The first-order valence-corrected chi connectivity index (χ1v) is 7.81. The fourth-order valence-corrected chi connectivity index (χ4v) is 2.59.